The van der Waals surface area contributed by atoms with E-state index in [0.29, 0.717) is 5.39 Å². The number of alkyl halides is 3. The van der Waals surface area contributed by atoms with E-state index in [4.69, 9.17) is 0 Å². The molecule has 0 amide bonds. The van der Waals surface area contributed by atoms with E-state index in [-0.39, 0.29) is 5.39 Å². The van der Waals surface area contributed by atoms with Gasteiger partial charge >= 0.3 is 6.18 Å². The molecule has 0 spiro atoms. The first-order valence-corrected chi connectivity index (χ1v) is 8.79. The highest BCUT2D eigenvalue weighted by molar-refractivity contribution is 5.88. The molecule has 0 saturated heterocycles. The van der Waals surface area contributed by atoms with Crippen molar-refractivity contribution in [1.29, 1.82) is 0 Å². The van der Waals surface area contributed by atoms with Crippen LogP contribution in [0.2, 0.25) is 0 Å². The van der Waals surface area contributed by atoms with Gasteiger partial charge < -0.3 is 0 Å². The molecule has 0 aliphatic rings. The van der Waals surface area contributed by atoms with Crippen LogP contribution in [0.3, 0.4) is 0 Å². The minimum absolute atomic E-state index is 0.0141. The standard InChI is InChI=1S/C22H20F4/c1-2-3-4-5-15-6-8-16(9-7-15)17-10-12-19-18(14-17)11-13-20(21(19)23)22(24,25)26/h6-14H,2-5H2,1H3. The Morgan fingerprint density at radius 2 is 1.50 bits per heavy atom. The molecule has 0 aromatic heterocycles. The van der Waals surface area contributed by atoms with Crippen molar-refractivity contribution in [2.75, 3.05) is 0 Å². The fourth-order valence-corrected chi connectivity index (χ4v) is 3.13. The Kier molecular flexibility index (Phi) is 5.30. The van der Waals surface area contributed by atoms with E-state index in [1.807, 2.05) is 12.1 Å². The van der Waals surface area contributed by atoms with Crippen LogP contribution in [-0.4, -0.2) is 0 Å². The van der Waals surface area contributed by atoms with Crippen molar-refractivity contribution in [3.05, 3.63) is 71.5 Å². The largest absolute Gasteiger partial charge is 0.419 e. The summed E-state index contributed by atoms with van der Waals surface area (Å²) in [4.78, 5) is 0. The molecule has 0 atom stereocenters. The molecule has 136 valence electrons. The summed E-state index contributed by atoms with van der Waals surface area (Å²) in [6, 6.07) is 15.1. The van der Waals surface area contributed by atoms with Gasteiger partial charge in [0, 0.05) is 5.39 Å². The highest BCUT2D eigenvalue weighted by atomic mass is 19.4. The third-order valence-electron chi connectivity index (χ3n) is 4.62. The number of fused-ring (bicyclic) bond motifs is 1. The van der Waals surface area contributed by atoms with Gasteiger partial charge in [0.05, 0.1) is 5.56 Å². The number of hydrogen-bond donors (Lipinski definition) is 0. The van der Waals surface area contributed by atoms with Gasteiger partial charge in [-0.3, -0.25) is 0 Å². The SMILES string of the molecule is CCCCCc1ccc(-c2ccc3c(F)c(C(F)(F)F)ccc3c2)cc1. The van der Waals surface area contributed by atoms with Crippen LogP contribution in [0, 0.1) is 5.82 Å². The van der Waals surface area contributed by atoms with Crippen LogP contribution in [0.15, 0.2) is 54.6 Å². The van der Waals surface area contributed by atoms with E-state index in [1.165, 1.54) is 30.5 Å². The normalized spacial score (nSPS) is 11.9. The zero-order valence-corrected chi connectivity index (χ0v) is 14.5. The van der Waals surface area contributed by atoms with Crippen molar-refractivity contribution in [3.8, 4) is 11.1 Å². The summed E-state index contributed by atoms with van der Waals surface area (Å²) in [5, 5.41) is 0.444. The third kappa shape index (κ3) is 3.90. The number of hydrogen-bond acceptors (Lipinski definition) is 0. The lowest BCUT2D eigenvalue weighted by Crippen LogP contribution is -2.08. The molecule has 26 heavy (non-hydrogen) atoms. The second kappa shape index (κ2) is 7.48. The number of rotatable bonds is 5. The summed E-state index contributed by atoms with van der Waals surface area (Å²) in [6.45, 7) is 2.17. The van der Waals surface area contributed by atoms with E-state index in [0.717, 1.165) is 30.0 Å². The topological polar surface area (TPSA) is 0 Å². The Morgan fingerprint density at radius 1 is 0.808 bits per heavy atom. The lowest BCUT2D eigenvalue weighted by atomic mass is 9.98. The molecule has 0 saturated carbocycles. The molecule has 0 aliphatic heterocycles. The Balaban J connectivity index is 1.90. The van der Waals surface area contributed by atoms with Crippen molar-refractivity contribution in [1.82, 2.24) is 0 Å². The summed E-state index contributed by atoms with van der Waals surface area (Å²) in [6.07, 6.45) is -0.103. The van der Waals surface area contributed by atoms with Gasteiger partial charge in [0.15, 0.2) is 0 Å². The average molecular weight is 360 g/mol. The highest BCUT2D eigenvalue weighted by Crippen LogP contribution is 2.35. The molecule has 0 aliphatic carbocycles. The maximum atomic E-state index is 14.2. The van der Waals surface area contributed by atoms with Crippen LogP contribution >= 0.6 is 0 Å². The first kappa shape index (κ1) is 18.4. The maximum Gasteiger partial charge on any atom is 0.419 e. The number of halogens is 4. The van der Waals surface area contributed by atoms with Crippen molar-refractivity contribution in [2.24, 2.45) is 0 Å². The van der Waals surface area contributed by atoms with Gasteiger partial charge in [-0.15, -0.1) is 0 Å². The van der Waals surface area contributed by atoms with E-state index in [2.05, 4.69) is 19.1 Å². The van der Waals surface area contributed by atoms with Crippen LogP contribution in [0.25, 0.3) is 21.9 Å². The van der Waals surface area contributed by atoms with E-state index >= 15 is 0 Å². The quantitative estimate of drug-likeness (QED) is 0.328. The van der Waals surface area contributed by atoms with Crippen molar-refractivity contribution < 1.29 is 17.6 Å². The Labute approximate surface area is 150 Å². The summed E-state index contributed by atoms with van der Waals surface area (Å²) >= 11 is 0. The zero-order chi connectivity index (χ0) is 18.7. The molecule has 0 unspecified atom stereocenters. The van der Waals surface area contributed by atoms with Crippen LogP contribution in [0.5, 0.6) is 0 Å². The lowest BCUT2D eigenvalue weighted by molar-refractivity contribution is -0.139. The predicted molar refractivity (Wildman–Crippen MR) is 97.6 cm³/mol. The van der Waals surface area contributed by atoms with Gasteiger partial charge in [0.25, 0.3) is 0 Å². The fraction of sp³-hybridized carbons (Fsp3) is 0.273. The second-order valence-electron chi connectivity index (χ2n) is 6.51. The van der Waals surface area contributed by atoms with Gasteiger partial charge in [0.1, 0.15) is 5.82 Å². The van der Waals surface area contributed by atoms with Crippen LogP contribution in [-0.2, 0) is 12.6 Å². The van der Waals surface area contributed by atoms with Gasteiger partial charge in [-0.1, -0.05) is 62.2 Å². The predicted octanol–water partition coefficient (Wildman–Crippen LogP) is 7.40. The van der Waals surface area contributed by atoms with E-state index < -0.39 is 17.6 Å². The molecule has 3 aromatic carbocycles. The van der Waals surface area contributed by atoms with E-state index in [9.17, 15) is 17.6 Å². The summed E-state index contributed by atoms with van der Waals surface area (Å²) in [7, 11) is 0. The molecule has 4 heteroatoms. The van der Waals surface area contributed by atoms with Gasteiger partial charge in [-0.05, 0) is 47.1 Å². The minimum atomic E-state index is -4.69. The van der Waals surface area contributed by atoms with Crippen molar-refractivity contribution >= 4 is 10.8 Å². The molecule has 0 N–H and O–H groups in total. The van der Waals surface area contributed by atoms with Crippen LogP contribution < -0.4 is 0 Å². The molecular formula is C22H20F4. The smallest absolute Gasteiger partial charge is 0.206 e. The number of unbranched alkanes of at least 4 members (excludes halogenated alkanes) is 2. The summed E-state index contributed by atoms with van der Waals surface area (Å²) < 4.78 is 52.7. The molecule has 0 heterocycles. The lowest BCUT2D eigenvalue weighted by Gasteiger charge is -2.11. The van der Waals surface area contributed by atoms with Crippen LogP contribution in [0.1, 0.15) is 37.3 Å². The fourth-order valence-electron chi connectivity index (χ4n) is 3.13. The molecule has 0 radical (unpaired) electrons. The van der Waals surface area contributed by atoms with Crippen LogP contribution in [0.4, 0.5) is 17.6 Å². The Hall–Kier alpha value is -2.36. The Morgan fingerprint density at radius 3 is 2.15 bits per heavy atom. The zero-order valence-electron chi connectivity index (χ0n) is 14.5. The summed E-state index contributed by atoms with van der Waals surface area (Å²) in [5.41, 5.74) is 1.86. The molecular weight excluding hydrogens is 340 g/mol. The first-order valence-electron chi connectivity index (χ1n) is 8.79. The minimum Gasteiger partial charge on any atom is -0.206 e. The average Bonchev–Trinajstić information content (AvgIpc) is 2.61. The van der Waals surface area contributed by atoms with E-state index in [1.54, 1.807) is 12.1 Å². The first-order chi connectivity index (χ1) is 12.4. The second-order valence-corrected chi connectivity index (χ2v) is 6.51. The maximum absolute atomic E-state index is 14.2. The monoisotopic (exact) mass is 360 g/mol. The number of benzene rings is 3. The Bertz CT molecular complexity index is 892. The molecule has 3 rings (SSSR count). The highest BCUT2D eigenvalue weighted by Gasteiger charge is 2.34. The number of aryl methyl sites for hydroxylation is 1. The van der Waals surface area contributed by atoms with Gasteiger partial charge in [0.2, 0.25) is 0 Å². The van der Waals surface area contributed by atoms with Gasteiger partial charge in [-0.25, -0.2) is 4.39 Å². The molecule has 0 fully saturated rings. The van der Waals surface area contributed by atoms with Gasteiger partial charge in [-0.2, -0.15) is 13.2 Å². The molecule has 3 aromatic rings. The summed E-state index contributed by atoms with van der Waals surface area (Å²) in [5.74, 6) is -1.21. The third-order valence-corrected chi connectivity index (χ3v) is 4.62. The van der Waals surface area contributed by atoms with Crippen molar-refractivity contribution in [2.45, 2.75) is 38.8 Å². The molecule has 0 nitrogen and oxygen atoms in total. The molecule has 0 bridgehead atoms. The van der Waals surface area contributed by atoms with Crippen molar-refractivity contribution in [3.63, 3.8) is 0 Å².